The highest BCUT2D eigenvalue weighted by Crippen LogP contribution is 2.31. The highest BCUT2D eigenvalue weighted by atomic mass is 16.6. The Bertz CT molecular complexity index is 425. The quantitative estimate of drug-likeness (QED) is 0.626. The van der Waals surface area contributed by atoms with E-state index in [4.69, 9.17) is 0 Å². The van der Waals surface area contributed by atoms with Crippen LogP contribution in [0.1, 0.15) is 24.0 Å². The predicted octanol–water partition coefficient (Wildman–Crippen LogP) is 3.03. The van der Waals surface area contributed by atoms with Crippen molar-refractivity contribution in [3.63, 3.8) is 0 Å². The van der Waals surface area contributed by atoms with Crippen LogP contribution >= 0.6 is 0 Å². The lowest BCUT2D eigenvalue weighted by Gasteiger charge is -2.10. The molecule has 1 aromatic rings. The van der Waals surface area contributed by atoms with Gasteiger partial charge in [-0.2, -0.15) is 0 Å². The van der Waals surface area contributed by atoms with Crippen LogP contribution in [-0.2, 0) is 0 Å². The van der Waals surface area contributed by atoms with Crippen LogP contribution in [0.3, 0.4) is 0 Å². The summed E-state index contributed by atoms with van der Waals surface area (Å²) in [6.45, 7) is 4.67. The van der Waals surface area contributed by atoms with E-state index in [1.165, 1.54) is 12.8 Å². The summed E-state index contributed by atoms with van der Waals surface area (Å²) in [6.07, 6.45) is 2.61. The Morgan fingerprint density at radius 1 is 1.38 bits per heavy atom. The van der Waals surface area contributed by atoms with Crippen LogP contribution in [0.4, 0.5) is 11.4 Å². The van der Waals surface area contributed by atoms with Crippen molar-refractivity contribution in [2.24, 2.45) is 5.92 Å². The molecule has 0 aliphatic heterocycles. The first kappa shape index (κ1) is 10.9. The Kier molecular flexibility index (Phi) is 2.81. The van der Waals surface area contributed by atoms with E-state index < -0.39 is 0 Å². The highest BCUT2D eigenvalue weighted by molar-refractivity contribution is 5.59. The van der Waals surface area contributed by atoms with Gasteiger partial charge in [0.2, 0.25) is 0 Å². The van der Waals surface area contributed by atoms with E-state index in [0.29, 0.717) is 5.56 Å². The minimum Gasteiger partial charge on any atom is -0.385 e. The van der Waals surface area contributed by atoms with Crippen molar-refractivity contribution < 1.29 is 4.92 Å². The molecule has 1 fully saturated rings. The number of nitro groups is 1. The van der Waals surface area contributed by atoms with Crippen molar-refractivity contribution in [1.29, 1.82) is 0 Å². The first-order chi connectivity index (χ1) is 7.58. The molecule has 4 heteroatoms. The summed E-state index contributed by atoms with van der Waals surface area (Å²) < 4.78 is 0. The average Bonchev–Trinajstić information content (AvgIpc) is 3.02. The molecule has 1 saturated carbocycles. The summed E-state index contributed by atoms with van der Waals surface area (Å²) in [6, 6.07) is 3.51. The van der Waals surface area contributed by atoms with Gasteiger partial charge in [0.15, 0.2) is 0 Å². The van der Waals surface area contributed by atoms with Gasteiger partial charge in [-0.05, 0) is 44.2 Å². The molecule has 16 heavy (non-hydrogen) atoms. The zero-order valence-electron chi connectivity index (χ0n) is 9.62. The molecule has 4 nitrogen and oxygen atoms in total. The molecule has 0 saturated heterocycles. The van der Waals surface area contributed by atoms with Gasteiger partial charge < -0.3 is 5.32 Å². The Morgan fingerprint density at radius 2 is 2.06 bits per heavy atom. The van der Waals surface area contributed by atoms with E-state index >= 15 is 0 Å². The molecule has 0 heterocycles. The van der Waals surface area contributed by atoms with E-state index in [-0.39, 0.29) is 10.6 Å². The largest absolute Gasteiger partial charge is 0.385 e. The molecule has 0 radical (unpaired) electrons. The number of nitrogens with zero attached hydrogens (tertiary/aromatic N) is 1. The maximum Gasteiger partial charge on any atom is 0.272 e. The summed E-state index contributed by atoms with van der Waals surface area (Å²) in [5.41, 5.74) is 2.89. The second kappa shape index (κ2) is 4.12. The molecular formula is C12H16N2O2. The fourth-order valence-corrected chi connectivity index (χ4v) is 1.76. The van der Waals surface area contributed by atoms with Crippen molar-refractivity contribution in [2.45, 2.75) is 26.7 Å². The van der Waals surface area contributed by atoms with Gasteiger partial charge >= 0.3 is 0 Å². The lowest BCUT2D eigenvalue weighted by molar-refractivity contribution is -0.385. The first-order valence-electron chi connectivity index (χ1n) is 5.57. The third-order valence-electron chi connectivity index (χ3n) is 3.02. The molecule has 0 atom stereocenters. The molecule has 1 N–H and O–H groups in total. The summed E-state index contributed by atoms with van der Waals surface area (Å²) in [5.74, 6) is 0.801. The van der Waals surface area contributed by atoms with Crippen molar-refractivity contribution >= 4 is 11.4 Å². The maximum atomic E-state index is 10.7. The number of nitro benzene ring substituents is 1. The van der Waals surface area contributed by atoms with Crippen LogP contribution in [0, 0.1) is 29.9 Å². The van der Waals surface area contributed by atoms with Crippen LogP contribution in [-0.4, -0.2) is 11.5 Å². The molecule has 1 aliphatic rings. The van der Waals surface area contributed by atoms with E-state index in [1.54, 1.807) is 13.0 Å². The van der Waals surface area contributed by atoms with Crippen molar-refractivity contribution in [1.82, 2.24) is 0 Å². The molecule has 0 amide bonds. The third kappa shape index (κ3) is 2.32. The van der Waals surface area contributed by atoms with E-state index in [0.717, 1.165) is 23.7 Å². The topological polar surface area (TPSA) is 55.2 Å². The minimum atomic E-state index is -0.326. The number of hydrogen-bond acceptors (Lipinski definition) is 3. The van der Waals surface area contributed by atoms with Gasteiger partial charge in [0.1, 0.15) is 0 Å². The molecule has 2 rings (SSSR count). The number of benzene rings is 1. The smallest absolute Gasteiger partial charge is 0.272 e. The van der Waals surface area contributed by atoms with Gasteiger partial charge in [0.25, 0.3) is 5.69 Å². The third-order valence-corrected chi connectivity index (χ3v) is 3.02. The van der Waals surface area contributed by atoms with Crippen LogP contribution in [0.15, 0.2) is 12.1 Å². The molecular weight excluding hydrogens is 204 g/mol. The molecule has 1 aliphatic carbocycles. The predicted molar refractivity (Wildman–Crippen MR) is 63.8 cm³/mol. The summed E-state index contributed by atoms with van der Waals surface area (Å²) in [4.78, 5) is 10.4. The van der Waals surface area contributed by atoms with Crippen molar-refractivity contribution in [3.05, 3.63) is 33.4 Å². The zero-order chi connectivity index (χ0) is 11.7. The molecule has 0 spiro atoms. The number of hydrogen-bond donors (Lipinski definition) is 1. The summed E-state index contributed by atoms with van der Waals surface area (Å²) in [7, 11) is 0. The van der Waals surface area contributed by atoms with E-state index in [2.05, 4.69) is 5.32 Å². The van der Waals surface area contributed by atoms with Gasteiger partial charge in [-0.15, -0.1) is 0 Å². The molecule has 0 bridgehead atoms. The normalized spacial score (nSPS) is 14.9. The van der Waals surface area contributed by atoms with Gasteiger partial charge in [0.05, 0.1) is 4.92 Å². The van der Waals surface area contributed by atoms with Crippen molar-refractivity contribution in [2.75, 3.05) is 11.9 Å². The van der Waals surface area contributed by atoms with Crippen LogP contribution < -0.4 is 5.32 Å². The minimum absolute atomic E-state index is 0.203. The SMILES string of the molecule is Cc1cc([N+](=O)[O-])c(C)cc1NCC1CC1. The lowest BCUT2D eigenvalue weighted by Crippen LogP contribution is -2.05. The second-order valence-corrected chi connectivity index (χ2v) is 4.54. The molecule has 86 valence electrons. The Balaban J connectivity index is 2.18. The summed E-state index contributed by atoms with van der Waals surface area (Å²) >= 11 is 0. The van der Waals surface area contributed by atoms with Crippen LogP contribution in [0.25, 0.3) is 0 Å². The highest BCUT2D eigenvalue weighted by Gasteiger charge is 2.21. The first-order valence-corrected chi connectivity index (χ1v) is 5.57. The van der Waals surface area contributed by atoms with E-state index in [9.17, 15) is 10.1 Å². The number of rotatable bonds is 4. The van der Waals surface area contributed by atoms with Gasteiger partial charge in [0, 0.05) is 23.9 Å². The lowest BCUT2D eigenvalue weighted by atomic mass is 10.1. The average molecular weight is 220 g/mol. The van der Waals surface area contributed by atoms with Gasteiger partial charge in [-0.3, -0.25) is 10.1 Å². The number of nitrogens with one attached hydrogen (secondary N) is 1. The van der Waals surface area contributed by atoms with Gasteiger partial charge in [-0.25, -0.2) is 0 Å². The van der Waals surface area contributed by atoms with Crippen molar-refractivity contribution in [3.8, 4) is 0 Å². The van der Waals surface area contributed by atoms with Gasteiger partial charge in [-0.1, -0.05) is 0 Å². The number of anilines is 1. The fourth-order valence-electron chi connectivity index (χ4n) is 1.76. The summed E-state index contributed by atoms with van der Waals surface area (Å²) in [5, 5.41) is 14.1. The molecule has 0 unspecified atom stereocenters. The zero-order valence-corrected chi connectivity index (χ0v) is 9.62. The molecule has 0 aromatic heterocycles. The van der Waals surface area contributed by atoms with Crippen LogP contribution in [0.5, 0.6) is 0 Å². The standard InChI is InChI=1S/C12H16N2O2/c1-8-6-12(14(15)16)9(2)5-11(8)13-7-10-3-4-10/h5-6,10,13H,3-4,7H2,1-2H3. The molecule has 1 aromatic carbocycles. The second-order valence-electron chi connectivity index (χ2n) is 4.54. The Hall–Kier alpha value is -1.58. The maximum absolute atomic E-state index is 10.7. The fraction of sp³-hybridized carbons (Fsp3) is 0.500. The Labute approximate surface area is 94.8 Å². The van der Waals surface area contributed by atoms with E-state index in [1.807, 2.05) is 13.0 Å². The van der Waals surface area contributed by atoms with Crippen LogP contribution in [0.2, 0.25) is 0 Å². The monoisotopic (exact) mass is 220 g/mol. The Morgan fingerprint density at radius 3 is 2.62 bits per heavy atom. The number of aryl methyl sites for hydroxylation is 2.